The molecule has 3 heteroatoms. The number of pyridine rings is 1. The second-order valence-electron chi connectivity index (χ2n) is 3.47. The van der Waals surface area contributed by atoms with Gasteiger partial charge in [0.15, 0.2) is 0 Å². The Hall–Kier alpha value is -1.25. The summed E-state index contributed by atoms with van der Waals surface area (Å²) in [5, 5.41) is 3.22. The Balaban J connectivity index is 2.59. The van der Waals surface area contributed by atoms with Crippen LogP contribution in [0.15, 0.2) is 18.3 Å². The van der Waals surface area contributed by atoms with E-state index in [9.17, 15) is 0 Å². The molecule has 0 saturated heterocycles. The van der Waals surface area contributed by atoms with Crippen LogP contribution in [0.3, 0.4) is 0 Å². The van der Waals surface area contributed by atoms with Gasteiger partial charge in [0.25, 0.3) is 0 Å². The van der Waals surface area contributed by atoms with E-state index in [4.69, 9.17) is 4.74 Å². The van der Waals surface area contributed by atoms with Gasteiger partial charge in [-0.05, 0) is 26.3 Å². The number of aromatic nitrogens is 1. The van der Waals surface area contributed by atoms with Crippen LogP contribution in [-0.2, 0) is 0 Å². The minimum absolute atomic E-state index is 0.205. The van der Waals surface area contributed by atoms with Crippen molar-refractivity contribution in [2.75, 3.05) is 11.9 Å². The largest absolute Gasteiger partial charge is 0.491 e. The molecule has 0 bridgehead atoms. The lowest BCUT2D eigenvalue weighted by atomic mass is 10.4. The van der Waals surface area contributed by atoms with Gasteiger partial charge in [0.05, 0.1) is 6.10 Å². The van der Waals surface area contributed by atoms with Crippen LogP contribution in [0.25, 0.3) is 0 Å². The van der Waals surface area contributed by atoms with Gasteiger partial charge in [0.1, 0.15) is 11.6 Å². The van der Waals surface area contributed by atoms with Crippen LogP contribution in [0.2, 0.25) is 0 Å². The number of nitrogens with zero attached hydrogens (tertiary/aromatic N) is 1. The molecule has 1 N–H and O–H groups in total. The molecule has 1 aromatic rings. The number of rotatable bonds is 5. The van der Waals surface area contributed by atoms with Crippen molar-refractivity contribution >= 4 is 5.82 Å². The molecule has 0 atom stereocenters. The molecule has 14 heavy (non-hydrogen) atoms. The van der Waals surface area contributed by atoms with E-state index in [1.165, 1.54) is 0 Å². The molecule has 3 nitrogen and oxygen atoms in total. The molecule has 0 aromatic carbocycles. The Morgan fingerprint density at radius 1 is 1.50 bits per heavy atom. The van der Waals surface area contributed by atoms with Gasteiger partial charge in [0.2, 0.25) is 0 Å². The third kappa shape index (κ3) is 3.64. The first-order valence-electron chi connectivity index (χ1n) is 5.09. The minimum Gasteiger partial charge on any atom is -0.491 e. The fourth-order valence-electron chi connectivity index (χ4n) is 1.11. The van der Waals surface area contributed by atoms with Crippen molar-refractivity contribution in [1.29, 1.82) is 0 Å². The number of ether oxygens (including phenoxy) is 1. The van der Waals surface area contributed by atoms with E-state index in [1.807, 2.05) is 26.0 Å². The van der Waals surface area contributed by atoms with E-state index in [2.05, 4.69) is 17.2 Å². The quantitative estimate of drug-likeness (QED) is 0.782. The third-order valence-electron chi connectivity index (χ3n) is 1.66. The molecule has 0 spiro atoms. The highest BCUT2D eigenvalue weighted by atomic mass is 16.5. The van der Waals surface area contributed by atoms with Crippen LogP contribution in [0.4, 0.5) is 5.82 Å². The van der Waals surface area contributed by atoms with Gasteiger partial charge < -0.3 is 10.1 Å². The number of hydrogen-bond donors (Lipinski definition) is 1. The van der Waals surface area contributed by atoms with E-state index in [0.29, 0.717) is 0 Å². The molecule has 0 unspecified atom stereocenters. The van der Waals surface area contributed by atoms with Gasteiger partial charge in [-0.15, -0.1) is 0 Å². The molecule has 0 aliphatic heterocycles. The first kappa shape index (κ1) is 10.8. The molecule has 1 rings (SSSR count). The zero-order chi connectivity index (χ0) is 10.4. The van der Waals surface area contributed by atoms with Gasteiger partial charge in [-0.1, -0.05) is 6.92 Å². The average molecular weight is 194 g/mol. The summed E-state index contributed by atoms with van der Waals surface area (Å²) in [5.41, 5.74) is 0. The second-order valence-corrected chi connectivity index (χ2v) is 3.47. The van der Waals surface area contributed by atoms with E-state index < -0.39 is 0 Å². The van der Waals surface area contributed by atoms with Gasteiger partial charge in [-0.25, -0.2) is 4.98 Å². The summed E-state index contributed by atoms with van der Waals surface area (Å²) >= 11 is 0. The Morgan fingerprint density at radius 2 is 2.29 bits per heavy atom. The maximum atomic E-state index is 5.55. The lowest BCUT2D eigenvalue weighted by Gasteiger charge is -2.10. The summed E-state index contributed by atoms with van der Waals surface area (Å²) in [5.74, 6) is 1.75. The fourth-order valence-corrected chi connectivity index (χ4v) is 1.11. The molecule has 78 valence electrons. The number of anilines is 1. The molecular weight excluding hydrogens is 176 g/mol. The third-order valence-corrected chi connectivity index (χ3v) is 1.66. The van der Waals surface area contributed by atoms with Crippen molar-refractivity contribution in [3.05, 3.63) is 18.3 Å². The van der Waals surface area contributed by atoms with E-state index in [-0.39, 0.29) is 6.10 Å². The van der Waals surface area contributed by atoms with E-state index >= 15 is 0 Å². The predicted octanol–water partition coefficient (Wildman–Crippen LogP) is 2.69. The molecular formula is C11H18N2O. The summed E-state index contributed by atoms with van der Waals surface area (Å²) in [6.45, 7) is 7.10. The Morgan fingerprint density at radius 3 is 2.93 bits per heavy atom. The van der Waals surface area contributed by atoms with Crippen LogP contribution in [-0.4, -0.2) is 17.6 Å². The normalized spacial score (nSPS) is 10.3. The maximum absolute atomic E-state index is 5.55. The van der Waals surface area contributed by atoms with Crippen molar-refractivity contribution in [2.24, 2.45) is 0 Å². The van der Waals surface area contributed by atoms with Gasteiger partial charge in [-0.2, -0.15) is 0 Å². The standard InChI is InChI=1S/C11H18N2O/c1-4-6-12-11-8-10(5-7-13-11)14-9(2)3/h5,7-9H,4,6H2,1-3H3,(H,12,13). The predicted molar refractivity (Wildman–Crippen MR) is 58.8 cm³/mol. The minimum atomic E-state index is 0.205. The van der Waals surface area contributed by atoms with Crippen LogP contribution in [0, 0.1) is 0 Å². The van der Waals surface area contributed by atoms with Gasteiger partial charge in [0, 0.05) is 18.8 Å². The zero-order valence-corrected chi connectivity index (χ0v) is 9.08. The first-order valence-corrected chi connectivity index (χ1v) is 5.09. The molecule has 0 saturated carbocycles. The van der Waals surface area contributed by atoms with Crippen molar-refractivity contribution in [2.45, 2.75) is 33.3 Å². The second kappa shape index (κ2) is 5.47. The Bertz CT molecular complexity index is 274. The number of nitrogens with one attached hydrogen (secondary N) is 1. The summed E-state index contributed by atoms with van der Waals surface area (Å²) in [6.07, 6.45) is 3.06. The molecule has 0 amide bonds. The van der Waals surface area contributed by atoms with Crippen molar-refractivity contribution < 1.29 is 4.74 Å². The van der Waals surface area contributed by atoms with Gasteiger partial charge >= 0.3 is 0 Å². The van der Waals surface area contributed by atoms with Crippen molar-refractivity contribution in [3.63, 3.8) is 0 Å². The molecule has 0 aliphatic rings. The SMILES string of the molecule is CCCNc1cc(OC(C)C)ccn1. The average Bonchev–Trinajstić information content (AvgIpc) is 2.14. The monoisotopic (exact) mass is 194 g/mol. The molecule has 0 aliphatic carbocycles. The fraction of sp³-hybridized carbons (Fsp3) is 0.545. The summed E-state index contributed by atoms with van der Waals surface area (Å²) in [7, 11) is 0. The zero-order valence-electron chi connectivity index (χ0n) is 9.08. The highest BCUT2D eigenvalue weighted by Gasteiger charge is 1.99. The van der Waals surface area contributed by atoms with Gasteiger partial charge in [-0.3, -0.25) is 0 Å². The van der Waals surface area contributed by atoms with Crippen LogP contribution < -0.4 is 10.1 Å². The van der Waals surface area contributed by atoms with Crippen molar-refractivity contribution in [3.8, 4) is 5.75 Å². The smallest absolute Gasteiger partial charge is 0.129 e. The lowest BCUT2D eigenvalue weighted by Crippen LogP contribution is -2.07. The Labute approximate surface area is 85.5 Å². The summed E-state index contributed by atoms with van der Waals surface area (Å²) in [6, 6.07) is 3.80. The lowest BCUT2D eigenvalue weighted by molar-refractivity contribution is 0.242. The molecule has 0 radical (unpaired) electrons. The van der Waals surface area contributed by atoms with Crippen LogP contribution >= 0.6 is 0 Å². The molecule has 1 aromatic heterocycles. The first-order chi connectivity index (χ1) is 6.72. The highest BCUT2D eigenvalue weighted by Crippen LogP contribution is 2.15. The highest BCUT2D eigenvalue weighted by molar-refractivity contribution is 5.40. The van der Waals surface area contributed by atoms with E-state index in [0.717, 1.165) is 24.5 Å². The van der Waals surface area contributed by atoms with Crippen molar-refractivity contribution in [1.82, 2.24) is 4.98 Å². The topological polar surface area (TPSA) is 34.1 Å². The van der Waals surface area contributed by atoms with E-state index in [1.54, 1.807) is 6.20 Å². The number of hydrogen-bond acceptors (Lipinski definition) is 3. The summed E-state index contributed by atoms with van der Waals surface area (Å²) in [4.78, 5) is 4.19. The van der Waals surface area contributed by atoms with Crippen LogP contribution in [0.5, 0.6) is 5.75 Å². The maximum Gasteiger partial charge on any atom is 0.129 e. The molecule has 1 heterocycles. The summed E-state index contributed by atoms with van der Waals surface area (Å²) < 4.78 is 5.55. The van der Waals surface area contributed by atoms with Crippen LogP contribution in [0.1, 0.15) is 27.2 Å². The Kier molecular flexibility index (Phi) is 4.23. The molecule has 0 fully saturated rings.